The number of Topliss-reactive ketones (excluding diaryl/α,β-unsaturated/α-hetero) is 1. The van der Waals surface area contributed by atoms with Gasteiger partial charge in [-0.1, -0.05) is 84.9 Å². The SMILES string of the molecule is O=C(Cc1cccc2ccccc12)Cc1cccc2ccccc12. The van der Waals surface area contributed by atoms with E-state index in [1.807, 2.05) is 36.4 Å². The Hall–Kier alpha value is -2.93. The van der Waals surface area contributed by atoms with Crippen molar-refractivity contribution in [2.24, 2.45) is 0 Å². The van der Waals surface area contributed by atoms with Crippen LogP contribution < -0.4 is 0 Å². The zero-order chi connectivity index (χ0) is 16.4. The first-order chi connectivity index (χ1) is 11.8. The molecule has 0 N–H and O–H groups in total. The third-order valence-corrected chi connectivity index (χ3v) is 4.54. The van der Waals surface area contributed by atoms with E-state index in [2.05, 4.69) is 48.5 Å². The third-order valence-electron chi connectivity index (χ3n) is 4.54. The lowest BCUT2D eigenvalue weighted by Gasteiger charge is -2.08. The molecule has 0 amide bonds. The molecule has 0 fully saturated rings. The lowest BCUT2D eigenvalue weighted by Crippen LogP contribution is -2.07. The summed E-state index contributed by atoms with van der Waals surface area (Å²) in [6.07, 6.45) is 0.954. The molecule has 0 atom stereocenters. The van der Waals surface area contributed by atoms with E-state index < -0.39 is 0 Å². The van der Waals surface area contributed by atoms with Gasteiger partial charge in [-0.15, -0.1) is 0 Å². The third kappa shape index (κ3) is 2.81. The molecule has 116 valence electrons. The average molecular weight is 310 g/mol. The maximum Gasteiger partial charge on any atom is 0.141 e. The monoisotopic (exact) mass is 310 g/mol. The van der Waals surface area contributed by atoms with Crippen LogP contribution in [0.2, 0.25) is 0 Å². The molecule has 0 aromatic heterocycles. The first kappa shape index (κ1) is 14.6. The molecular weight excluding hydrogens is 292 g/mol. The largest absolute Gasteiger partial charge is 0.299 e. The van der Waals surface area contributed by atoms with Crippen LogP contribution in [-0.4, -0.2) is 5.78 Å². The van der Waals surface area contributed by atoms with Crippen LogP contribution in [0.3, 0.4) is 0 Å². The second-order valence-corrected chi connectivity index (χ2v) is 6.17. The molecule has 4 aromatic rings. The van der Waals surface area contributed by atoms with Crippen LogP contribution in [-0.2, 0) is 17.6 Å². The van der Waals surface area contributed by atoms with Gasteiger partial charge in [-0.3, -0.25) is 4.79 Å². The fraction of sp³-hybridized carbons (Fsp3) is 0.0870. The van der Waals surface area contributed by atoms with Crippen molar-refractivity contribution in [3.63, 3.8) is 0 Å². The van der Waals surface area contributed by atoms with Crippen molar-refractivity contribution in [1.29, 1.82) is 0 Å². The number of rotatable bonds is 4. The molecule has 0 aliphatic rings. The minimum atomic E-state index is 0.253. The number of carbonyl (C=O) groups excluding carboxylic acids is 1. The normalized spacial score (nSPS) is 11.0. The summed E-state index contributed by atoms with van der Waals surface area (Å²) in [5.74, 6) is 0.253. The highest BCUT2D eigenvalue weighted by Crippen LogP contribution is 2.22. The van der Waals surface area contributed by atoms with Crippen molar-refractivity contribution in [3.05, 3.63) is 96.1 Å². The van der Waals surface area contributed by atoms with Crippen molar-refractivity contribution >= 4 is 27.3 Å². The van der Waals surface area contributed by atoms with Crippen LogP contribution in [0.5, 0.6) is 0 Å². The zero-order valence-corrected chi connectivity index (χ0v) is 13.4. The lowest BCUT2D eigenvalue weighted by molar-refractivity contribution is -0.117. The highest BCUT2D eigenvalue weighted by atomic mass is 16.1. The highest BCUT2D eigenvalue weighted by Gasteiger charge is 2.10. The fourth-order valence-electron chi connectivity index (χ4n) is 3.38. The topological polar surface area (TPSA) is 17.1 Å². The molecule has 1 heteroatoms. The number of ketones is 1. The summed E-state index contributed by atoms with van der Waals surface area (Å²) in [5, 5.41) is 4.72. The molecule has 0 spiro atoms. The molecule has 0 radical (unpaired) electrons. The average Bonchev–Trinajstić information content (AvgIpc) is 2.62. The zero-order valence-electron chi connectivity index (χ0n) is 13.4. The first-order valence-electron chi connectivity index (χ1n) is 8.26. The smallest absolute Gasteiger partial charge is 0.141 e. The standard InChI is InChI=1S/C23H18O/c24-21(15-19-11-5-9-17-7-1-3-13-22(17)19)16-20-12-6-10-18-8-2-4-14-23(18)20/h1-14H,15-16H2. The Labute approximate surface area is 141 Å². The van der Waals surface area contributed by atoms with Crippen LogP contribution >= 0.6 is 0 Å². The van der Waals surface area contributed by atoms with Gasteiger partial charge in [0.25, 0.3) is 0 Å². The molecule has 1 nitrogen and oxygen atoms in total. The van der Waals surface area contributed by atoms with Crippen LogP contribution in [0.25, 0.3) is 21.5 Å². The van der Waals surface area contributed by atoms with Crippen molar-refractivity contribution in [1.82, 2.24) is 0 Å². The predicted octanol–water partition coefficient (Wildman–Crippen LogP) is 5.35. The molecular formula is C23H18O. The van der Waals surface area contributed by atoms with E-state index in [1.165, 1.54) is 21.5 Å². The van der Waals surface area contributed by atoms with Gasteiger partial charge in [-0.25, -0.2) is 0 Å². The van der Waals surface area contributed by atoms with E-state index in [4.69, 9.17) is 0 Å². The molecule has 0 aliphatic carbocycles. The summed E-state index contributed by atoms with van der Waals surface area (Å²) in [5.41, 5.74) is 2.22. The highest BCUT2D eigenvalue weighted by molar-refractivity contribution is 5.94. The van der Waals surface area contributed by atoms with Crippen molar-refractivity contribution < 1.29 is 4.79 Å². The lowest BCUT2D eigenvalue weighted by atomic mass is 9.95. The number of carbonyl (C=O) groups is 1. The minimum absolute atomic E-state index is 0.253. The second kappa shape index (κ2) is 6.29. The van der Waals surface area contributed by atoms with E-state index in [0.717, 1.165) is 11.1 Å². The maximum absolute atomic E-state index is 12.7. The molecule has 0 unspecified atom stereocenters. The Morgan fingerprint density at radius 1 is 0.542 bits per heavy atom. The molecule has 0 saturated heterocycles. The summed E-state index contributed by atoms with van der Waals surface area (Å²) in [6.45, 7) is 0. The Kier molecular flexibility index (Phi) is 3.84. The van der Waals surface area contributed by atoms with Crippen LogP contribution in [0.15, 0.2) is 84.9 Å². The van der Waals surface area contributed by atoms with E-state index in [9.17, 15) is 4.79 Å². The molecule has 24 heavy (non-hydrogen) atoms. The quantitative estimate of drug-likeness (QED) is 0.497. The van der Waals surface area contributed by atoms with Crippen LogP contribution in [0.4, 0.5) is 0 Å². The van der Waals surface area contributed by atoms with Gasteiger partial charge in [0.15, 0.2) is 0 Å². The van der Waals surface area contributed by atoms with E-state index in [-0.39, 0.29) is 5.78 Å². The van der Waals surface area contributed by atoms with Crippen LogP contribution in [0.1, 0.15) is 11.1 Å². The molecule has 0 heterocycles. The first-order valence-corrected chi connectivity index (χ1v) is 8.26. The van der Waals surface area contributed by atoms with Crippen molar-refractivity contribution in [2.75, 3.05) is 0 Å². The Morgan fingerprint density at radius 3 is 1.46 bits per heavy atom. The molecule has 0 bridgehead atoms. The van der Waals surface area contributed by atoms with E-state index in [1.54, 1.807) is 0 Å². The minimum Gasteiger partial charge on any atom is -0.299 e. The Bertz CT molecular complexity index is 936. The summed E-state index contributed by atoms with van der Waals surface area (Å²) >= 11 is 0. The number of hydrogen-bond acceptors (Lipinski definition) is 1. The van der Waals surface area contributed by atoms with Gasteiger partial charge in [0.1, 0.15) is 5.78 Å². The van der Waals surface area contributed by atoms with E-state index >= 15 is 0 Å². The summed E-state index contributed by atoms with van der Waals surface area (Å²) < 4.78 is 0. The summed E-state index contributed by atoms with van der Waals surface area (Å²) in [4.78, 5) is 12.7. The van der Waals surface area contributed by atoms with Gasteiger partial charge in [0.2, 0.25) is 0 Å². The Morgan fingerprint density at radius 2 is 0.958 bits per heavy atom. The van der Waals surface area contributed by atoms with Crippen LogP contribution in [0, 0.1) is 0 Å². The summed E-state index contributed by atoms with van der Waals surface area (Å²) in [6, 6.07) is 28.9. The van der Waals surface area contributed by atoms with Gasteiger partial charge in [0, 0.05) is 12.8 Å². The van der Waals surface area contributed by atoms with Gasteiger partial charge >= 0.3 is 0 Å². The van der Waals surface area contributed by atoms with Gasteiger partial charge in [-0.2, -0.15) is 0 Å². The maximum atomic E-state index is 12.7. The number of hydrogen-bond donors (Lipinski definition) is 0. The van der Waals surface area contributed by atoms with Gasteiger partial charge in [-0.05, 0) is 32.7 Å². The van der Waals surface area contributed by atoms with Crippen molar-refractivity contribution in [3.8, 4) is 0 Å². The summed E-state index contributed by atoms with van der Waals surface area (Å²) in [7, 11) is 0. The fourth-order valence-corrected chi connectivity index (χ4v) is 3.38. The second-order valence-electron chi connectivity index (χ2n) is 6.17. The number of fused-ring (bicyclic) bond motifs is 2. The molecule has 0 aliphatic heterocycles. The number of benzene rings is 4. The molecule has 4 aromatic carbocycles. The molecule has 0 saturated carbocycles. The Balaban J connectivity index is 1.62. The van der Waals surface area contributed by atoms with Gasteiger partial charge < -0.3 is 0 Å². The predicted molar refractivity (Wildman–Crippen MR) is 100 cm³/mol. The van der Waals surface area contributed by atoms with Crippen molar-refractivity contribution in [2.45, 2.75) is 12.8 Å². The van der Waals surface area contributed by atoms with E-state index in [0.29, 0.717) is 12.8 Å². The molecule has 4 rings (SSSR count). The van der Waals surface area contributed by atoms with Gasteiger partial charge in [0.05, 0.1) is 0 Å².